The average molecular weight is 221 g/mol. The Morgan fingerprint density at radius 2 is 2.40 bits per heavy atom. The van der Waals surface area contributed by atoms with E-state index in [2.05, 4.69) is 5.10 Å². The van der Waals surface area contributed by atoms with E-state index in [0.29, 0.717) is 10.7 Å². The molecule has 15 heavy (non-hydrogen) atoms. The molecule has 0 spiro atoms. The van der Waals surface area contributed by atoms with Gasteiger partial charge in [-0.15, -0.1) is 16.3 Å². The molecular weight excluding hydrogens is 212 g/mol. The number of nitrogens with one attached hydrogen (secondary N) is 1. The summed E-state index contributed by atoms with van der Waals surface area (Å²) in [7, 11) is 1.77. The minimum Gasteiger partial charge on any atom is -0.279 e. The van der Waals surface area contributed by atoms with Gasteiger partial charge in [0.25, 0.3) is 5.43 Å². The van der Waals surface area contributed by atoms with Crippen LogP contribution in [-0.4, -0.2) is 15.9 Å². The van der Waals surface area contributed by atoms with Gasteiger partial charge in [-0.2, -0.15) is 5.26 Å². The lowest BCUT2D eigenvalue weighted by Gasteiger charge is -1.97. The fourth-order valence-electron chi connectivity index (χ4n) is 1.47. The number of thioether (sulfide) groups is 1. The van der Waals surface area contributed by atoms with E-state index in [1.165, 1.54) is 11.8 Å². The number of aryl methyl sites for hydroxylation is 1. The predicted octanol–water partition coefficient (Wildman–Crippen LogP) is 0.0457. The highest BCUT2D eigenvalue weighted by Crippen LogP contribution is 2.13. The zero-order valence-electron chi connectivity index (χ0n) is 8.31. The number of imidazole rings is 1. The molecule has 0 aliphatic carbocycles. The molecule has 0 aromatic carbocycles. The number of fused-ring (bicyclic) bond motifs is 1. The van der Waals surface area contributed by atoms with Crippen LogP contribution in [0, 0.1) is 11.3 Å². The number of hydrogen-bond acceptors (Lipinski definition) is 3. The molecule has 0 amide bonds. The lowest BCUT2D eigenvalue weighted by molar-refractivity contribution is -0.645. The summed E-state index contributed by atoms with van der Waals surface area (Å²) in [5, 5.41) is 12.5. The van der Waals surface area contributed by atoms with Gasteiger partial charge < -0.3 is 0 Å². The molecule has 2 aromatic heterocycles. The zero-order valence-corrected chi connectivity index (χ0v) is 9.13. The Bertz CT molecular complexity index is 619. The van der Waals surface area contributed by atoms with Crippen LogP contribution in [0.4, 0.5) is 0 Å². The van der Waals surface area contributed by atoms with Gasteiger partial charge in [-0.3, -0.25) is 4.79 Å². The molecule has 0 unspecified atom stereocenters. The van der Waals surface area contributed by atoms with E-state index < -0.39 is 0 Å². The summed E-state index contributed by atoms with van der Waals surface area (Å²) in [5.41, 5.74) is 0.391. The summed E-state index contributed by atoms with van der Waals surface area (Å²) in [4.78, 5) is 11.9. The van der Waals surface area contributed by atoms with Crippen molar-refractivity contribution in [2.45, 2.75) is 5.03 Å². The maximum atomic E-state index is 11.9. The van der Waals surface area contributed by atoms with Crippen LogP contribution in [0.5, 0.6) is 0 Å². The van der Waals surface area contributed by atoms with Crippen LogP contribution in [0.2, 0.25) is 0 Å². The van der Waals surface area contributed by atoms with Crippen molar-refractivity contribution in [3.63, 3.8) is 0 Å². The van der Waals surface area contributed by atoms with Gasteiger partial charge in [0.05, 0.1) is 7.05 Å². The second-order valence-corrected chi connectivity index (χ2v) is 3.88. The molecule has 0 saturated heterocycles. The van der Waals surface area contributed by atoms with Gasteiger partial charge in [-0.25, -0.2) is 9.67 Å². The number of nitriles is 1. The molecule has 5 nitrogen and oxygen atoms in total. The lowest BCUT2D eigenvalue weighted by atomic mass is 10.3. The standard InChI is InChI=1S/C9H8N4OS/c1-12-3-4-13-9(12)7(14)6(5-10)8(11-13)15-2/h3-4H,1-2H3/p+1. The summed E-state index contributed by atoms with van der Waals surface area (Å²) >= 11 is 1.35. The lowest BCUT2D eigenvalue weighted by Crippen LogP contribution is -2.33. The van der Waals surface area contributed by atoms with E-state index in [1.807, 2.05) is 12.3 Å². The Morgan fingerprint density at radius 3 is 3.00 bits per heavy atom. The van der Waals surface area contributed by atoms with Crippen LogP contribution < -0.4 is 10.00 Å². The van der Waals surface area contributed by atoms with Gasteiger partial charge in [-0.05, 0) is 6.26 Å². The SMILES string of the molecule is CSc1[nH]n2cc[n+](C)c2c(=O)c1C#N. The minimum atomic E-state index is -0.242. The first-order valence-corrected chi connectivity index (χ1v) is 5.48. The van der Waals surface area contributed by atoms with E-state index in [1.54, 1.807) is 28.5 Å². The first kappa shape index (κ1) is 9.80. The Hall–Kier alpha value is -1.74. The van der Waals surface area contributed by atoms with E-state index in [0.717, 1.165) is 0 Å². The van der Waals surface area contributed by atoms with E-state index in [4.69, 9.17) is 5.26 Å². The third-order valence-electron chi connectivity index (χ3n) is 2.20. The average Bonchev–Trinajstić information content (AvgIpc) is 2.60. The van der Waals surface area contributed by atoms with Crippen molar-refractivity contribution >= 4 is 17.4 Å². The highest BCUT2D eigenvalue weighted by molar-refractivity contribution is 7.98. The largest absolute Gasteiger partial charge is 0.354 e. The summed E-state index contributed by atoms with van der Waals surface area (Å²) < 4.78 is 3.30. The fourth-order valence-corrected chi connectivity index (χ4v) is 2.00. The Kier molecular flexibility index (Phi) is 2.25. The Balaban J connectivity index is 2.99. The molecular formula is C9H9N4OS+. The van der Waals surface area contributed by atoms with Crippen LogP contribution in [0.1, 0.15) is 5.56 Å². The van der Waals surface area contributed by atoms with Crippen LogP contribution in [0.25, 0.3) is 5.65 Å². The van der Waals surface area contributed by atoms with Crippen LogP contribution in [-0.2, 0) is 7.05 Å². The van der Waals surface area contributed by atoms with Gasteiger partial charge >= 0.3 is 5.65 Å². The molecule has 2 aromatic rings. The molecule has 2 heterocycles. The molecule has 0 fully saturated rings. The van der Waals surface area contributed by atoms with Crippen molar-refractivity contribution in [2.24, 2.45) is 7.05 Å². The Morgan fingerprint density at radius 1 is 1.67 bits per heavy atom. The number of nitrogens with zero attached hydrogens (tertiary/aromatic N) is 3. The summed E-state index contributed by atoms with van der Waals surface area (Å²) in [5.74, 6) is 0. The van der Waals surface area contributed by atoms with Gasteiger partial charge in [0.2, 0.25) is 0 Å². The van der Waals surface area contributed by atoms with E-state index in [9.17, 15) is 4.79 Å². The molecule has 0 radical (unpaired) electrons. The van der Waals surface area contributed by atoms with Crippen molar-refractivity contribution in [3.8, 4) is 6.07 Å². The summed E-state index contributed by atoms with van der Waals surface area (Å²) in [6, 6.07) is 1.93. The fraction of sp³-hybridized carbons (Fsp3) is 0.222. The second kappa shape index (κ2) is 3.44. The molecule has 2 rings (SSSR count). The number of rotatable bonds is 1. The smallest absolute Gasteiger partial charge is 0.279 e. The van der Waals surface area contributed by atoms with Crippen LogP contribution in [0.15, 0.2) is 22.2 Å². The Labute approximate surface area is 89.9 Å². The molecule has 6 heteroatoms. The number of H-pyrrole nitrogens is 1. The molecule has 0 bridgehead atoms. The van der Waals surface area contributed by atoms with Gasteiger partial charge in [0.15, 0.2) is 6.20 Å². The summed E-state index contributed by atoms with van der Waals surface area (Å²) in [6.45, 7) is 0. The van der Waals surface area contributed by atoms with Crippen molar-refractivity contribution in [3.05, 3.63) is 28.2 Å². The topological polar surface area (TPSA) is 64.9 Å². The van der Waals surface area contributed by atoms with Gasteiger partial charge in [0.1, 0.15) is 22.9 Å². The third kappa shape index (κ3) is 1.32. The van der Waals surface area contributed by atoms with Crippen molar-refractivity contribution in [2.75, 3.05) is 6.26 Å². The third-order valence-corrected chi connectivity index (χ3v) is 2.90. The van der Waals surface area contributed by atoms with Gasteiger partial charge in [-0.1, -0.05) is 0 Å². The first-order valence-electron chi connectivity index (χ1n) is 4.26. The second-order valence-electron chi connectivity index (χ2n) is 3.06. The monoisotopic (exact) mass is 221 g/mol. The quantitative estimate of drug-likeness (QED) is 0.546. The highest BCUT2D eigenvalue weighted by atomic mass is 32.2. The van der Waals surface area contributed by atoms with E-state index >= 15 is 0 Å². The number of hydrogen-bond donors (Lipinski definition) is 1. The molecule has 0 aliphatic heterocycles. The van der Waals surface area contributed by atoms with Gasteiger partial charge in [0, 0.05) is 0 Å². The normalized spacial score (nSPS) is 10.5. The maximum absolute atomic E-state index is 11.9. The zero-order chi connectivity index (χ0) is 11.0. The van der Waals surface area contributed by atoms with Crippen molar-refractivity contribution < 1.29 is 4.57 Å². The van der Waals surface area contributed by atoms with Crippen molar-refractivity contribution in [1.29, 1.82) is 5.26 Å². The van der Waals surface area contributed by atoms with Crippen LogP contribution in [0.3, 0.4) is 0 Å². The minimum absolute atomic E-state index is 0.171. The molecule has 1 N–H and O–H groups in total. The van der Waals surface area contributed by atoms with Crippen LogP contribution >= 0.6 is 11.8 Å². The first-order chi connectivity index (χ1) is 7.19. The molecule has 0 aliphatic rings. The van der Waals surface area contributed by atoms with E-state index in [-0.39, 0.29) is 11.0 Å². The highest BCUT2D eigenvalue weighted by Gasteiger charge is 2.18. The number of aromatic nitrogens is 3. The maximum Gasteiger partial charge on any atom is 0.354 e. The predicted molar refractivity (Wildman–Crippen MR) is 55.7 cm³/mol. The number of aromatic amines is 1. The molecule has 0 atom stereocenters. The molecule has 76 valence electrons. The summed E-state index contributed by atoms with van der Waals surface area (Å²) in [6.07, 6.45) is 5.33. The van der Waals surface area contributed by atoms with Crippen molar-refractivity contribution in [1.82, 2.24) is 9.61 Å². The molecule has 0 saturated carbocycles.